The highest BCUT2D eigenvalue weighted by Gasteiger charge is 2.50. The Kier molecular flexibility index (Phi) is 5.71. The molecule has 2 aromatic rings. The van der Waals surface area contributed by atoms with E-state index in [9.17, 15) is 14.4 Å². The van der Waals surface area contributed by atoms with E-state index in [0.717, 1.165) is 11.1 Å². The van der Waals surface area contributed by atoms with Crippen LogP contribution in [0, 0.1) is 0 Å². The predicted molar refractivity (Wildman–Crippen MR) is 94.1 cm³/mol. The number of hydrogen-bond donors (Lipinski definition) is 1. The zero-order valence-electron chi connectivity index (χ0n) is 14.6. The highest BCUT2D eigenvalue weighted by molar-refractivity contribution is 5.89. The molecule has 2 aromatic carbocycles. The molecule has 0 radical (unpaired) electrons. The molecule has 27 heavy (non-hydrogen) atoms. The summed E-state index contributed by atoms with van der Waals surface area (Å²) in [5, 5.41) is 2.35. The summed E-state index contributed by atoms with van der Waals surface area (Å²) >= 11 is 0. The normalized spacial score (nSPS) is 18.4. The summed E-state index contributed by atoms with van der Waals surface area (Å²) < 4.78 is 15.5. The number of esters is 2. The Morgan fingerprint density at radius 3 is 2.00 bits per heavy atom. The van der Waals surface area contributed by atoms with Gasteiger partial charge in [0, 0.05) is 6.42 Å². The summed E-state index contributed by atoms with van der Waals surface area (Å²) in [5.74, 6) is -1.43. The van der Waals surface area contributed by atoms with Crippen molar-refractivity contribution in [3.8, 4) is 0 Å². The van der Waals surface area contributed by atoms with Gasteiger partial charge in [-0.2, -0.15) is 0 Å². The quantitative estimate of drug-likeness (QED) is 0.622. The van der Waals surface area contributed by atoms with Crippen LogP contribution in [0.3, 0.4) is 0 Å². The van der Waals surface area contributed by atoms with Gasteiger partial charge in [-0.3, -0.25) is 10.1 Å². The van der Waals surface area contributed by atoms with E-state index in [1.807, 2.05) is 36.4 Å². The average Bonchev–Trinajstić information content (AvgIpc) is 3.07. The molecule has 1 heterocycles. The lowest BCUT2D eigenvalue weighted by atomic mass is 10.1. The van der Waals surface area contributed by atoms with Gasteiger partial charge in [0.05, 0.1) is 6.42 Å². The summed E-state index contributed by atoms with van der Waals surface area (Å²) in [6.45, 7) is 0.0233. The standard InChI is InChI=1S/C20H19NO6/c22-17-11-12-20(27-17,18(23)25-13-15-7-3-1-4-8-15)21-19(24)26-14-16-9-5-2-6-10-16/h1-10H,11-14H2,(H,21,24)/t20-/m0/s1. The van der Waals surface area contributed by atoms with Crippen molar-refractivity contribution in [2.75, 3.05) is 0 Å². The first kappa shape index (κ1) is 18.4. The smallest absolute Gasteiger partial charge is 0.411 e. The number of alkyl carbamates (subject to hydrolysis) is 1. The fourth-order valence-corrected chi connectivity index (χ4v) is 2.62. The number of rotatable bonds is 6. The van der Waals surface area contributed by atoms with E-state index in [1.165, 1.54) is 0 Å². The molecule has 0 spiro atoms. The molecule has 1 saturated heterocycles. The molecule has 1 N–H and O–H groups in total. The van der Waals surface area contributed by atoms with E-state index in [2.05, 4.69) is 5.32 Å². The minimum atomic E-state index is -1.86. The zero-order valence-corrected chi connectivity index (χ0v) is 14.6. The summed E-state index contributed by atoms with van der Waals surface area (Å²) in [6, 6.07) is 18.1. The Labute approximate surface area is 156 Å². The molecule has 1 fully saturated rings. The predicted octanol–water partition coefficient (Wildman–Crippen LogP) is 2.69. The van der Waals surface area contributed by atoms with Crippen LogP contribution < -0.4 is 5.32 Å². The molecular weight excluding hydrogens is 350 g/mol. The van der Waals surface area contributed by atoms with Crippen LogP contribution in [0.5, 0.6) is 0 Å². The molecule has 140 valence electrons. The largest absolute Gasteiger partial charge is 0.456 e. The first-order valence-corrected chi connectivity index (χ1v) is 8.49. The summed E-state index contributed by atoms with van der Waals surface area (Å²) in [5.41, 5.74) is -0.298. The van der Waals surface area contributed by atoms with Gasteiger partial charge in [-0.25, -0.2) is 9.59 Å². The Balaban J connectivity index is 1.60. The molecule has 0 aromatic heterocycles. The Morgan fingerprint density at radius 1 is 0.926 bits per heavy atom. The lowest BCUT2D eigenvalue weighted by Gasteiger charge is -2.26. The maximum atomic E-state index is 12.5. The van der Waals surface area contributed by atoms with Crippen molar-refractivity contribution in [3.05, 3.63) is 71.8 Å². The molecule has 0 aliphatic carbocycles. The molecule has 1 aliphatic heterocycles. The molecule has 0 bridgehead atoms. The minimum absolute atomic E-state index is 0.000281. The molecule has 0 saturated carbocycles. The van der Waals surface area contributed by atoms with E-state index in [0.29, 0.717) is 0 Å². The van der Waals surface area contributed by atoms with Gasteiger partial charge in [0.15, 0.2) is 0 Å². The highest BCUT2D eigenvalue weighted by atomic mass is 16.6. The third-order valence-electron chi connectivity index (χ3n) is 4.03. The third kappa shape index (κ3) is 4.84. The first-order chi connectivity index (χ1) is 13.1. The van der Waals surface area contributed by atoms with E-state index in [-0.39, 0.29) is 26.1 Å². The molecule has 7 heteroatoms. The van der Waals surface area contributed by atoms with Crippen molar-refractivity contribution < 1.29 is 28.6 Å². The maximum absolute atomic E-state index is 12.5. The van der Waals surface area contributed by atoms with Crippen molar-refractivity contribution in [2.24, 2.45) is 0 Å². The molecule has 1 amide bonds. The number of amides is 1. The molecule has 3 rings (SSSR count). The van der Waals surface area contributed by atoms with Gasteiger partial charge in [0.25, 0.3) is 5.72 Å². The fraction of sp³-hybridized carbons (Fsp3) is 0.250. The van der Waals surface area contributed by atoms with Crippen molar-refractivity contribution >= 4 is 18.0 Å². The van der Waals surface area contributed by atoms with Crippen molar-refractivity contribution in [3.63, 3.8) is 0 Å². The molecule has 0 unspecified atom stereocenters. The number of cyclic esters (lactones) is 1. The minimum Gasteiger partial charge on any atom is -0.456 e. The van der Waals surface area contributed by atoms with E-state index in [4.69, 9.17) is 14.2 Å². The highest BCUT2D eigenvalue weighted by Crippen LogP contribution is 2.26. The second-order valence-electron chi connectivity index (χ2n) is 6.05. The SMILES string of the molecule is O=C1CC[C@@](NC(=O)OCc2ccccc2)(C(=O)OCc2ccccc2)O1. The van der Waals surface area contributed by atoms with Crippen LogP contribution in [-0.2, 0) is 37.0 Å². The van der Waals surface area contributed by atoms with E-state index >= 15 is 0 Å². The summed E-state index contributed by atoms with van der Waals surface area (Å²) in [6.07, 6.45) is -0.885. The number of carbonyl (C=O) groups excluding carboxylic acids is 3. The molecule has 7 nitrogen and oxygen atoms in total. The van der Waals surface area contributed by atoms with Gasteiger partial charge in [0.1, 0.15) is 13.2 Å². The third-order valence-corrected chi connectivity index (χ3v) is 4.03. The van der Waals surface area contributed by atoms with Crippen molar-refractivity contribution in [1.29, 1.82) is 0 Å². The van der Waals surface area contributed by atoms with Crippen LogP contribution >= 0.6 is 0 Å². The van der Waals surface area contributed by atoms with Crippen molar-refractivity contribution in [2.45, 2.75) is 31.8 Å². The fourth-order valence-electron chi connectivity index (χ4n) is 2.62. The second-order valence-corrected chi connectivity index (χ2v) is 6.05. The molecule has 1 atom stereocenters. The number of benzene rings is 2. The van der Waals surface area contributed by atoms with Crippen LogP contribution in [0.4, 0.5) is 4.79 Å². The Bertz CT molecular complexity index is 808. The van der Waals surface area contributed by atoms with Crippen LogP contribution in [0.2, 0.25) is 0 Å². The first-order valence-electron chi connectivity index (χ1n) is 8.49. The van der Waals surface area contributed by atoms with Crippen molar-refractivity contribution in [1.82, 2.24) is 5.32 Å². The number of hydrogen-bond acceptors (Lipinski definition) is 6. The topological polar surface area (TPSA) is 90.9 Å². The molecule has 1 aliphatic rings. The van der Waals surface area contributed by atoms with Crippen LogP contribution in [0.15, 0.2) is 60.7 Å². The lowest BCUT2D eigenvalue weighted by Crippen LogP contribution is -2.55. The zero-order chi connectivity index (χ0) is 19.1. The monoisotopic (exact) mass is 369 g/mol. The van der Waals surface area contributed by atoms with Gasteiger partial charge < -0.3 is 14.2 Å². The van der Waals surface area contributed by atoms with Crippen LogP contribution in [0.1, 0.15) is 24.0 Å². The molecular formula is C20H19NO6. The Hall–Kier alpha value is -3.35. The van der Waals surface area contributed by atoms with Crippen LogP contribution in [-0.4, -0.2) is 23.8 Å². The summed E-state index contributed by atoms with van der Waals surface area (Å²) in [7, 11) is 0. The Morgan fingerprint density at radius 2 is 1.48 bits per heavy atom. The number of nitrogens with one attached hydrogen (secondary N) is 1. The average molecular weight is 369 g/mol. The van der Waals surface area contributed by atoms with Gasteiger partial charge in [0.2, 0.25) is 0 Å². The van der Waals surface area contributed by atoms with Gasteiger partial charge in [-0.15, -0.1) is 0 Å². The van der Waals surface area contributed by atoms with E-state index in [1.54, 1.807) is 24.3 Å². The van der Waals surface area contributed by atoms with Gasteiger partial charge in [-0.05, 0) is 11.1 Å². The maximum Gasteiger partial charge on any atom is 0.411 e. The van der Waals surface area contributed by atoms with Gasteiger partial charge in [-0.1, -0.05) is 60.7 Å². The second kappa shape index (κ2) is 8.35. The van der Waals surface area contributed by atoms with E-state index < -0.39 is 23.8 Å². The summed E-state index contributed by atoms with van der Waals surface area (Å²) in [4.78, 5) is 36.2. The number of ether oxygens (including phenoxy) is 3. The van der Waals surface area contributed by atoms with Crippen LogP contribution in [0.25, 0.3) is 0 Å². The number of carbonyl (C=O) groups is 3. The van der Waals surface area contributed by atoms with Gasteiger partial charge >= 0.3 is 18.0 Å². The lowest BCUT2D eigenvalue weighted by molar-refractivity contribution is -0.178.